The van der Waals surface area contributed by atoms with E-state index in [0.717, 1.165) is 18.4 Å². The molecule has 4 rings (SSSR count). The Morgan fingerprint density at radius 3 is 2.42 bits per heavy atom. The van der Waals surface area contributed by atoms with Crippen molar-refractivity contribution < 1.29 is 24.2 Å². The van der Waals surface area contributed by atoms with Crippen LogP contribution < -0.4 is 0 Å². The molecule has 1 spiro atoms. The summed E-state index contributed by atoms with van der Waals surface area (Å²) in [5.41, 5.74) is -0.928. The summed E-state index contributed by atoms with van der Waals surface area (Å²) in [5.74, 6) is -1.88. The van der Waals surface area contributed by atoms with Crippen LogP contribution in [0, 0.1) is 17.8 Å². The van der Waals surface area contributed by atoms with E-state index < -0.39 is 29.1 Å². The highest BCUT2D eigenvalue weighted by atomic mass is 16.5. The van der Waals surface area contributed by atoms with Gasteiger partial charge in [0.1, 0.15) is 11.6 Å². The summed E-state index contributed by atoms with van der Waals surface area (Å²) in [6.45, 7) is 13.3. The van der Waals surface area contributed by atoms with Gasteiger partial charge in [0, 0.05) is 39.8 Å². The van der Waals surface area contributed by atoms with Crippen LogP contribution >= 0.6 is 0 Å². The Hall–Kier alpha value is -2.97. The van der Waals surface area contributed by atoms with Crippen molar-refractivity contribution >= 4 is 17.7 Å². The van der Waals surface area contributed by atoms with Crippen molar-refractivity contribution in [2.45, 2.75) is 69.7 Å². The summed E-state index contributed by atoms with van der Waals surface area (Å²) in [5, 5.41) is 9.18. The number of hydrogen-bond donors (Lipinski definition) is 1. The van der Waals surface area contributed by atoms with Gasteiger partial charge in [0.25, 0.3) is 0 Å². The third kappa shape index (κ3) is 5.12. The van der Waals surface area contributed by atoms with E-state index in [1.165, 1.54) is 0 Å². The highest BCUT2D eigenvalue weighted by Gasteiger charge is 2.80. The first kappa shape index (κ1) is 30.0. The standard InChI is InChI=1S/C32H45N3O5/c1-6-17-33(5)28(37)25-26-29(38)35(19-13-8-9-14-20-36)27(32(26)21-23(3)31(25,4)40-32)30(39)34(18-7-2)22-24-15-11-10-12-16-24/h6-7,10-12,15-16,23,25-27,36H,1-2,8-9,13-14,17-22H2,3-5H3/t23?,25-,26-,27?,31+,32?/m0/s1. The first-order valence-electron chi connectivity index (χ1n) is 14.6. The van der Waals surface area contributed by atoms with E-state index in [9.17, 15) is 19.5 Å². The van der Waals surface area contributed by atoms with Gasteiger partial charge in [0.2, 0.25) is 17.7 Å². The summed E-state index contributed by atoms with van der Waals surface area (Å²) in [6.07, 6.45) is 7.02. The summed E-state index contributed by atoms with van der Waals surface area (Å²) in [4.78, 5) is 47.8. The van der Waals surface area contributed by atoms with Gasteiger partial charge in [-0.3, -0.25) is 14.4 Å². The topological polar surface area (TPSA) is 90.4 Å². The van der Waals surface area contributed by atoms with Crippen LogP contribution in [0.25, 0.3) is 0 Å². The summed E-state index contributed by atoms with van der Waals surface area (Å²) in [7, 11) is 1.73. The maximum Gasteiger partial charge on any atom is 0.248 e. The number of hydrogen-bond acceptors (Lipinski definition) is 5. The Balaban J connectivity index is 1.73. The molecule has 0 radical (unpaired) electrons. The number of amides is 3. The minimum Gasteiger partial charge on any atom is -0.396 e. The molecule has 3 aliphatic heterocycles. The van der Waals surface area contributed by atoms with E-state index >= 15 is 0 Å². The fourth-order valence-electron chi connectivity index (χ4n) is 7.27. The molecule has 3 fully saturated rings. The van der Waals surface area contributed by atoms with Crippen LogP contribution in [0.1, 0.15) is 51.5 Å². The Labute approximate surface area is 238 Å². The quantitative estimate of drug-likeness (QED) is 0.283. The normalized spacial score (nSPS) is 30.3. The number of ether oxygens (including phenoxy) is 1. The molecule has 0 saturated carbocycles. The van der Waals surface area contributed by atoms with Crippen LogP contribution in [0.4, 0.5) is 0 Å². The molecule has 3 unspecified atom stereocenters. The van der Waals surface area contributed by atoms with Crippen molar-refractivity contribution in [3.8, 4) is 0 Å². The minimum atomic E-state index is -1.07. The van der Waals surface area contributed by atoms with Gasteiger partial charge >= 0.3 is 0 Å². The molecule has 218 valence electrons. The van der Waals surface area contributed by atoms with Crippen LogP contribution in [0.3, 0.4) is 0 Å². The number of benzene rings is 1. The van der Waals surface area contributed by atoms with Crippen LogP contribution in [0.5, 0.6) is 0 Å². The van der Waals surface area contributed by atoms with Crippen LogP contribution in [-0.2, 0) is 25.7 Å². The van der Waals surface area contributed by atoms with Crippen LogP contribution in [0.15, 0.2) is 55.6 Å². The first-order chi connectivity index (χ1) is 19.2. The molecule has 8 nitrogen and oxygen atoms in total. The molecule has 0 aromatic heterocycles. The van der Waals surface area contributed by atoms with Gasteiger partial charge < -0.3 is 24.5 Å². The van der Waals surface area contributed by atoms with Gasteiger partial charge in [-0.15, -0.1) is 13.2 Å². The lowest BCUT2D eigenvalue weighted by Gasteiger charge is -2.38. The van der Waals surface area contributed by atoms with E-state index in [1.807, 2.05) is 37.3 Å². The molecule has 3 amide bonds. The number of likely N-dealkylation sites (N-methyl/N-ethyl adjacent to an activating group) is 1. The maximum atomic E-state index is 14.5. The van der Waals surface area contributed by atoms with E-state index in [0.29, 0.717) is 45.4 Å². The summed E-state index contributed by atoms with van der Waals surface area (Å²) < 4.78 is 6.86. The molecule has 3 heterocycles. The molecule has 1 aromatic rings. The molecule has 3 saturated heterocycles. The second-order valence-electron chi connectivity index (χ2n) is 11.9. The lowest BCUT2D eigenvalue weighted by Crippen LogP contribution is -2.56. The van der Waals surface area contributed by atoms with Gasteiger partial charge in [0.05, 0.1) is 17.4 Å². The zero-order chi connectivity index (χ0) is 29.1. The van der Waals surface area contributed by atoms with E-state index in [4.69, 9.17) is 4.74 Å². The molecule has 40 heavy (non-hydrogen) atoms. The number of fused-ring (bicyclic) bond motifs is 1. The van der Waals surface area contributed by atoms with Crippen molar-refractivity contribution in [3.05, 3.63) is 61.2 Å². The Kier molecular flexibility index (Phi) is 9.20. The van der Waals surface area contributed by atoms with Gasteiger partial charge in [-0.25, -0.2) is 0 Å². The number of aliphatic hydroxyl groups excluding tert-OH is 1. The Bertz CT molecular complexity index is 1110. The molecule has 3 aliphatic rings. The lowest BCUT2D eigenvalue weighted by atomic mass is 9.62. The highest BCUT2D eigenvalue weighted by molar-refractivity contribution is 5.99. The van der Waals surface area contributed by atoms with Gasteiger partial charge in [0.15, 0.2) is 0 Å². The minimum absolute atomic E-state index is 0.00980. The molecule has 6 atom stereocenters. The molecule has 8 heteroatoms. The van der Waals surface area contributed by atoms with Crippen LogP contribution in [0.2, 0.25) is 0 Å². The van der Waals surface area contributed by atoms with Crippen molar-refractivity contribution in [1.82, 2.24) is 14.7 Å². The second kappa shape index (κ2) is 12.3. The van der Waals surface area contributed by atoms with Crippen molar-refractivity contribution in [2.24, 2.45) is 17.8 Å². The average molecular weight is 552 g/mol. The molecular formula is C32H45N3O5. The smallest absolute Gasteiger partial charge is 0.248 e. The summed E-state index contributed by atoms with van der Waals surface area (Å²) in [6, 6.07) is 8.96. The van der Waals surface area contributed by atoms with Gasteiger partial charge in [-0.1, -0.05) is 62.2 Å². The first-order valence-corrected chi connectivity index (χ1v) is 14.6. The average Bonchev–Trinajstić information content (AvgIpc) is 3.44. The predicted octanol–water partition coefficient (Wildman–Crippen LogP) is 3.41. The number of carbonyl (C=O) groups is 3. The van der Waals surface area contributed by atoms with Gasteiger partial charge in [-0.2, -0.15) is 0 Å². The zero-order valence-electron chi connectivity index (χ0n) is 24.3. The number of carbonyl (C=O) groups excluding carboxylic acids is 3. The number of unbranched alkanes of at least 4 members (excludes halogenated alkanes) is 3. The maximum absolute atomic E-state index is 14.5. The summed E-state index contributed by atoms with van der Waals surface area (Å²) >= 11 is 0. The molecular weight excluding hydrogens is 506 g/mol. The third-order valence-electron chi connectivity index (χ3n) is 9.28. The van der Waals surface area contributed by atoms with Crippen molar-refractivity contribution in [1.29, 1.82) is 0 Å². The zero-order valence-corrected chi connectivity index (χ0v) is 24.3. The number of likely N-dealkylation sites (tertiary alicyclic amines) is 1. The number of aliphatic hydroxyl groups is 1. The van der Waals surface area contributed by atoms with E-state index in [2.05, 4.69) is 20.1 Å². The molecule has 2 bridgehead atoms. The Morgan fingerprint density at radius 2 is 1.77 bits per heavy atom. The van der Waals surface area contributed by atoms with E-state index in [-0.39, 0.29) is 30.2 Å². The monoisotopic (exact) mass is 551 g/mol. The molecule has 1 aromatic carbocycles. The predicted molar refractivity (Wildman–Crippen MR) is 154 cm³/mol. The van der Waals surface area contributed by atoms with E-state index in [1.54, 1.807) is 33.9 Å². The third-order valence-corrected chi connectivity index (χ3v) is 9.28. The highest BCUT2D eigenvalue weighted by Crippen LogP contribution is 2.65. The largest absolute Gasteiger partial charge is 0.396 e. The van der Waals surface area contributed by atoms with Gasteiger partial charge in [-0.05, 0) is 37.7 Å². The lowest BCUT2D eigenvalue weighted by molar-refractivity contribution is -0.154. The number of nitrogens with zero attached hydrogens (tertiary/aromatic N) is 3. The fraction of sp³-hybridized carbons (Fsp3) is 0.594. The van der Waals surface area contributed by atoms with Crippen molar-refractivity contribution in [3.63, 3.8) is 0 Å². The molecule has 0 aliphatic carbocycles. The van der Waals surface area contributed by atoms with Crippen molar-refractivity contribution in [2.75, 3.05) is 33.3 Å². The number of rotatable bonds is 14. The van der Waals surface area contributed by atoms with Crippen LogP contribution in [-0.4, -0.2) is 88.1 Å². The fourth-order valence-corrected chi connectivity index (χ4v) is 7.27. The Morgan fingerprint density at radius 1 is 1.10 bits per heavy atom. The molecule has 1 N–H and O–H groups in total. The SMILES string of the molecule is C=CCN(C)C(=O)[C@@H]1[C@H]2C(=O)N(CCCCCCO)C(C(=O)N(CC=C)Cc3ccccc3)C23CC(C)[C@@]1(C)O3. The second-order valence-corrected chi connectivity index (χ2v) is 11.9.